The maximum absolute atomic E-state index is 11.2. The van der Waals surface area contributed by atoms with Gasteiger partial charge in [0.1, 0.15) is 0 Å². The number of ether oxygens (including phenoxy) is 1. The predicted molar refractivity (Wildman–Crippen MR) is 67.1 cm³/mol. The zero-order valence-electron chi connectivity index (χ0n) is 11.2. The number of hydrogen-bond acceptors (Lipinski definition) is 3. The summed E-state index contributed by atoms with van der Waals surface area (Å²) in [5, 5.41) is 9.25. The van der Waals surface area contributed by atoms with Crippen LogP contribution in [0.15, 0.2) is 0 Å². The molecule has 4 nitrogen and oxygen atoms in total. The van der Waals surface area contributed by atoms with Gasteiger partial charge in [-0.2, -0.15) is 0 Å². The first-order chi connectivity index (χ1) is 8.01. The van der Waals surface area contributed by atoms with Gasteiger partial charge in [-0.25, -0.2) is 0 Å². The van der Waals surface area contributed by atoms with Crippen LogP contribution in [0.2, 0.25) is 0 Å². The minimum absolute atomic E-state index is 0.369. The largest absolute Gasteiger partial charge is 0.481 e. The van der Waals surface area contributed by atoms with E-state index in [9.17, 15) is 9.90 Å². The van der Waals surface area contributed by atoms with Crippen LogP contribution in [0.5, 0.6) is 0 Å². The van der Waals surface area contributed by atoms with E-state index in [4.69, 9.17) is 4.74 Å². The molecule has 1 rings (SSSR count). The first kappa shape index (κ1) is 14.5. The van der Waals surface area contributed by atoms with Crippen LogP contribution in [0.25, 0.3) is 0 Å². The van der Waals surface area contributed by atoms with Crippen molar-refractivity contribution in [2.45, 2.75) is 46.1 Å². The smallest absolute Gasteiger partial charge is 0.310 e. The maximum atomic E-state index is 11.2. The van der Waals surface area contributed by atoms with E-state index in [1.807, 2.05) is 20.8 Å². The molecule has 0 bridgehead atoms. The number of nitrogens with zero attached hydrogens (tertiary/aromatic N) is 1. The van der Waals surface area contributed by atoms with Crippen molar-refractivity contribution in [3.63, 3.8) is 0 Å². The first-order valence-corrected chi connectivity index (χ1v) is 6.59. The Morgan fingerprint density at radius 3 is 2.41 bits per heavy atom. The molecule has 1 unspecified atom stereocenters. The van der Waals surface area contributed by atoms with E-state index in [0.29, 0.717) is 19.1 Å². The van der Waals surface area contributed by atoms with Crippen LogP contribution in [-0.4, -0.2) is 48.3 Å². The number of piperidine rings is 1. The quantitative estimate of drug-likeness (QED) is 0.775. The molecule has 17 heavy (non-hydrogen) atoms. The van der Waals surface area contributed by atoms with Gasteiger partial charge >= 0.3 is 5.97 Å². The first-order valence-electron chi connectivity index (χ1n) is 6.59. The number of hydrogen-bond donors (Lipinski definition) is 1. The fraction of sp³-hybridized carbons (Fsp3) is 0.923. The second kappa shape index (κ2) is 6.36. The summed E-state index contributed by atoms with van der Waals surface area (Å²) in [7, 11) is 0. The number of carboxylic acids is 1. The number of carbonyl (C=O) groups is 1. The molecule has 1 aliphatic rings. The van der Waals surface area contributed by atoms with Crippen LogP contribution in [-0.2, 0) is 9.53 Å². The van der Waals surface area contributed by atoms with Gasteiger partial charge in [-0.15, -0.1) is 0 Å². The Balaban J connectivity index is 2.42. The molecule has 0 aromatic carbocycles. The Labute approximate surface area is 104 Å². The number of likely N-dealkylation sites (tertiary alicyclic amines) is 1. The van der Waals surface area contributed by atoms with Crippen molar-refractivity contribution in [1.82, 2.24) is 4.90 Å². The van der Waals surface area contributed by atoms with E-state index in [1.54, 1.807) is 0 Å². The second-order valence-electron chi connectivity index (χ2n) is 5.15. The minimum Gasteiger partial charge on any atom is -0.481 e. The van der Waals surface area contributed by atoms with Crippen LogP contribution in [0.3, 0.4) is 0 Å². The van der Waals surface area contributed by atoms with Crippen LogP contribution >= 0.6 is 0 Å². The van der Waals surface area contributed by atoms with E-state index >= 15 is 0 Å². The number of carboxylic acid groups (broad SMARTS) is 1. The lowest BCUT2D eigenvalue weighted by atomic mass is 9.86. The van der Waals surface area contributed by atoms with E-state index in [1.165, 1.54) is 0 Å². The molecule has 100 valence electrons. The molecule has 0 aromatic rings. The highest BCUT2D eigenvalue weighted by Gasteiger charge is 2.34. The molecule has 1 atom stereocenters. The monoisotopic (exact) mass is 243 g/mol. The summed E-state index contributed by atoms with van der Waals surface area (Å²) in [6, 6.07) is 0. The van der Waals surface area contributed by atoms with Gasteiger partial charge < -0.3 is 14.7 Å². The molecule has 1 N–H and O–H groups in total. The molecular weight excluding hydrogens is 218 g/mol. The minimum atomic E-state index is -0.688. The van der Waals surface area contributed by atoms with Crippen molar-refractivity contribution in [3.05, 3.63) is 0 Å². The molecule has 4 heteroatoms. The number of aliphatic carboxylic acids is 1. The highest BCUT2D eigenvalue weighted by Crippen LogP contribution is 2.25. The Bertz CT molecular complexity index is 249. The lowest BCUT2D eigenvalue weighted by molar-refractivity contribution is -0.149. The summed E-state index contributed by atoms with van der Waals surface area (Å²) in [5.74, 6) is -0.688. The lowest BCUT2D eigenvalue weighted by Gasteiger charge is -2.36. The average Bonchev–Trinajstić information content (AvgIpc) is 2.31. The Morgan fingerprint density at radius 1 is 1.41 bits per heavy atom. The van der Waals surface area contributed by atoms with Gasteiger partial charge in [-0.1, -0.05) is 6.92 Å². The molecule has 0 aliphatic carbocycles. The zero-order chi connectivity index (χ0) is 12.9. The van der Waals surface area contributed by atoms with E-state index in [0.717, 1.165) is 32.5 Å². The van der Waals surface area contributed by atoms with Crippen LogP contribution in [0.4, 0.5) is 0 Å². The highest BCUT2D eigenvalue weighted by molar-refractivity contribution is 5.74. The van der Waals surface area contributed by atoms with Crippen molar-refractivity contribution in [2.75, 3.05) is 26.2 Å². The summed E-state index contributed by atoms with van der Waals surface area (Å²) in [6.45, 7) is 9.13. The van der Waals surface area contributed by atoms with Gasteiger partial charge in [-0.05, 0) is 33.1 Å². The molecule has 1 aliphatic heterocycles. The van der Waals surface area contributed by atoms with Gasteiger partial charge in [0, 0.05) is 26.2 Å². The third kappa shape index (κ3) is 3.96. The molecular formula is C13H25NO3. The number of rotatable bonds is 6. The third-order valence-electron chi connectivity index (χ3n) is 3.81. The van der Waals surface area contributed by atoms with Crippen LogP contribution in [0.1, 0.15) is 40.0 Å². The van der Waals surface area contributed by atoms with Crippen molar-refractivity contribution in [1.29, 1.82) is 0 Å². The fourth-order valence-corrected chi connectivity index (χ4v) is 2.29. The van der Waals surface area contributed by atoms with Crippen molar-refractivity contribution in [2.24, 2.45) is 5.41 Å². The summed E-state index contributed by atoms with van der Waals surface area (Å²) in [4.78, 5) is 13.5. The SMILES string of the molecule is CCOC1CCN(CC(C)(CC)C(=O)O)CC1. The lowest BCUT2D eigenvalue weighted by Crippen LogP contribution is -2.45. The molecule has 0 saturated carbocycles. The van der Waals surface area contributed by atoms with Crippen molar-refractivity contribution < 1.29 is 14.6 Å². The molecule has 1 fully saturated rings. The topological polar surface area (TPSA) is 49.8 Å². The molecule has 1 saturated heterocycles. The molecule has 0 aromatic heterocycles. The molecule has 0 spiro atoms. The highest BCUT2D eigenvalue weighted by atomic mass is 16.5. The molecule has 1 heterocycles. The second-order valence-corrected chi connectivity index (χ2v) is 5.15. The maximum Gasteiger partial charge on any atom is 0.310 e. The fourth-order valence-electron chi connectivity index (χ4n) is 2.29. The van der Waals surface area contributed by atoms with Gasteiger partial charge in [-0.3, -0.25) is 4.79 Å². The standard InChI is InChI=1S/C13H25NO3/c1-4-13(3,12(15)16)10-14-8-6-11(7-9-14)17-5-2/h11H,4-10H2,1-3H3,(H,15,16). The van der Waals surface area contributed by atoms with E-state index < -0.39 is 11.4 Å². The van der Waals surface area contributed by atoms with Gasteiger partial charge in [0.05, 0.1) is 11.5 Å². The Hall–Kier alpha value is -0.610. The summed E-state index contributed by atoms with van der Waals surface area (Å²) in [5.41, 5.74) is -0.613. The summed E-state index contributed by atoms with van der Waals surface area (Å²) >= 11 is 0. The third-order valence-corrected chi connectivity index (χ3v) is 3.81. The Kier molecular flexibility index (Phi) is 5.40. The van der Waals surface area contributed by atoms with Crippen LogP contribution < -0.4 is 0 Å². The normalized spacial score (nSPS) is 22.3. The predicted octanol–water partition coefficient (Wildman–Crippen LogP) is 1.99. The zero-order valence-corrected chi connectivity index (χ0v) is 11.2. The van der Waals surface area contributed by atoms with E-state index in [2.05, 4.69) is 4.90 Å². The summed E-state index contributed by atoms with van der Waals surface area (Å²) in [6.07, 6.45) is 3.09. The molecule has 0 radical (unpaired) electrons. The van der Waals surface area contributed by atoms with Crippen molar-refractivity contribution >= 4 is 5.97 Å². The van der Waals surface area contributed by atoms with Crippen molar-refractivity contribution in [3.8, 4) is 0 Å². The van der Waals surface area contributed by atoms with Gasteiger partial charge in [0.2, 0.25) is 0 Å². The van der Waals surface area contributed by atoms with Gasteiger partial charge in [0.25, 0.3) is 0 Å². The van der Waals surface area contributed by atoms with E-state index in [-0.39, 0.29) is 0 Å². The Morgan fingerprint density at radius 2 is 2.00 bits per heavy atom. The summed E-state index contributed by atoms with van der Waals surface area (Å²) < 4.78 is 5.59. The van der Waals surface area contributed by atoms with Gasteiger partial charge in [0.15, 0.2) is 0 Å². The molecule has 0 amide bonds. The average molecular weight is 243 g/mol. The van der Waals surface area contributed by atoms with Crippen LogP contribution in [0, 0.1) is 5.41 Å².